The fourth-order valence-electron chi connectivity index (χ4n) is 4.52. The molecule has 6 nitrogen and oxygen atoms in total. The smallest absolute Gasteiger partial charge is 0.411 e. The Morgan fingerprint density at radius 1 is 1.03 bits per heavy atom. The van der Waals surface area contributed by atoms with E-state index in [4.69, 9.17) is 10.5 Å². The highest BCUT2D eigenvalue weighted by molar-refractivity contribution is 5.86. The van der Waals surface area contributed by atoms with E-state index in [1.165, 1.54) is 4.90 Å². The number of anilines is 1. The van der Waals surface area contributed by atoms with Crippen molar-refractivity contribution >= 4 is 17.7 Å². The van der Waals surface area contributed by atoms with Crippen molar-refractivity contribution in [3.8, 4) is 0 Å². The van der Waals surface area contributed by atoms with Crippen LogP contribution in [-0.4, -0.2) is 27.7 Å². The molecule has 0 aliphatic heterocycles. The summed E-state index contributed by atoms with van der Waals surface area (Å²) < 4.78 is 5.73. The number of hydrogen-bond acceptors (Lipinski definition) is 4. The van der Waals surface area contributed by atoms with E-state index in [0.717, 1.165) is 31.2 Å². The maximum absolute atomic E-state index is 13.5. The Morgan fingerprint density at radius 3 is 2.13 bits per heavy atom. The zero-order chi connectivity index (χ0) is 22.6. The van der Waals surface area contributed by atoms with E-state index in [1.54, 1.807) is 45.0 Å². The highest BCUT2D eigenvalue weighted by Gasteiger charge is 2.55. The third kappa shape index (κ3) is 4.84. The molecule has 3 N–H and O–H groups in total. The van der Waals surface area contributed by atoms with Crippen LogP contribution in [0.1, 0.15) is 57.6 Å². The van der Waals surface area contributed by atoms with Crippen molar-refractivity contribution in [1.29, 1.82) is 0 Å². The number of benzene rings is 2. The molecule has 0 saturated heterocycles. The third-order valence-corrected chi connectivity index (χ3v) is 5.85. The van der Waals surface area contributed by atoms with E-state index in [9.17, 15) is 14.7 Å². The number of ether oxygens (including phenoxy) is 1. The molecular weight excluding hydrogens is 392 g/mol. The number of hydrogen-bond donors (Lipinski definition) is 2. The fourth-order valence-corrected chi connectivity index (χ4v) is 4.52. The molecule has 2 aromatic rings. The Balaban J connectivity index is 2.18. The molecule has 3 rings (SSSR count). The van der Waals surface area contributed by atoms with Crippen molar-refractivity contribution in [1.82, 2.24) is 4.90 Å². The molecule has 0 bridgehead atoms. The van der Waals surface area contributed by atoms with Crippen LogP contribution in [0.3, 0.4) is 0 Å². The minimum Gasteiger partial charge on any atom is -0.479 e. The van der Waals surface area contributed by atoms with Crippen molar-refractivity contribution in [2.24, 2.45) is 5.92 Å². The topological polar surface area (TPSA) is 92.9 Å². The lowest BCUT2D eigenvalue weighted by molar-refractivity contribution is -0.157. The van der Waals surface area contributed by atoms with E-state index in [1.807, 2.05) is 30.3 Å². The predicted molar refractivity (Wildman–Crippen MR) is 120 cm³/mol. The number of carboxylic acid groups (broad SMARTS) is 1. The van der Waals surface area contributed by atoms with Gasteiger partial charge in [-0.1, -0.05) is 55.3 Å². The van der Waals surface area contributed by atoms with Crippen LogP contribution in [0, 0.1) is 5.92 Å². The molecule has 166 valence electrons. The summed E-state index contributed by atoms with van der Waals surface area (Å²) in [6.45, 7) is 5.46. The fraction of sp³-hybridized carbons (Fsp3) is 0.440. The Bertz CT molecular complexity index is 899. The van der Waals surface area contributed by atoms with Crippen molar-refractivity contribution in [2.45, 2.75) is 64.1 Å². The average Bonchev–Trinajstić information content (AvgIpc) is 3.23. The lowest BCUT2D eigenvalue weighted by Crippen LogP contribution is -2.59. The molecule has 0 aromatic heterocycles. The molecule has 1 saturated carbocycles. The average molecular weight is 425 g/mol. The molecule has 0 radical (unpaired) electrons. The number of carbonyl (C=O) groups excluding carboxylic acids is 1. The summed E-state index contributed by atoms with van der Waals surface area (Å²) in [4.78, 5) is 28.0. The number of amides is 1. The monoisotopic (exact) mass is 424 g/mol. The molecule has 2 aromatic carbocycles. The molecule has 0 heterocycles. The quantitative estimate of drug-likeness (QED) is 0.624. The lowest BCUT2D eigenvalue weighted by atomic mass is 9.75. The van der Waals surface area contributed by atoms with Crippen LogP contribution in [0.5, 0.6) is 0 Å². The van der Waals surface area contributed by atoms with Crippen LogP contribution >= 0.6 is 0 Å². The first-order valence-electron chi connectivity index (χ1n) is 10.8. The number of rotatable bonds is 6. The second-order valence-corrected chi connectivity index (χ2v) is 9.23. The van der Waals surface area contributed by atoms with E-state index >= 15 is 0 Å². The van der Waals surface area contributed by atoms with Crippen molar-refractivity contribution in [2.75, 3.05) is 5.73 Å². The summed E-state index contributed by atoms with van der Waals surface area (Å²) in [6, 6.07) is 16.2. The molecular formula is C25H32N2O4. The van der Waals surface area contributed by atoms with Gasteiger partial charge in [0.15, 0.2) is 5.54 Å². The maximum Gasteiger partial charge on any atom is 0.411 e. The predicted octanol–water partition coefficient (Wildman–Crippen LogP) is 5.18. The van der Waals surface area contributed by atoms with Crippen LogP contribution in [0.4, 0.5) is 10.5 Å². The van der Waals surface area contributed by atoms with Crippen LogP contribution in [0.2, 0.25) is 0 Å². The van der Waals surface area contributed by atoms with Gasteiger partial charge in [0.2, 0.25) is 0 Å². The molecule has 0 spiro atoms. The Kier molecular flexibility index (Phi) is 6.58. The highest BCUT2D eigenvalue weighted by atomic mass is 16.6. The number of nitrogens with two attached hydrogens (primary N) is 1. The summed E-state index contributed by atoms with van der Waals surface area (Å²) in [5, 5.41) is 10.7. The number of nitrogen functional groups attached to an aromatic ring is 1. The summed E-state index contributed by atoms with van der Waals surface area (Å²) >= 11 is 0. The van der Waals surface area contributed by atoms with Gasteiger partial charge in [0.05, 0.1) is 6.54 Å². The summed E-state index contributed by atoms with van der Waals surface area (Å²) in [6.07, 6.45) is 2.72. The normalized spacial score (nSPS) is 16.5. The van der Waals surface area contributed by atoms with Crippen LogP contribution in [-0.2, 0) is 21.6 Å². The van der Waals surface area contributed by atoms with Crippen molar-refractivity contribution in [3.05, 3.63) is 65.7 Å². The lowest BCUT2D eigenvalue weighted by Gasteiger charge is -2.45. The maximum atomic E-state index is 13.5. The number of carbonyl (C=O) groups is 2. The Hall–Kier alpha value is -3.02. The zero-order valence-corrected chi connectivity index (χ0v) is 18.5. The van der Waals surface area contributed by atoms with Gasteiger partial charge in [0.25, 0.3) is 0 Å². The first-order chi connectivity index (χ1) is 14.6. The van der Waals surface area contributed by atoms with E-state index in [0.29, 0.717) is 11.3 Å². The van der Waals surface area contributed by atoms with Gasteiger partial charge in [-0.15, -0.1) is 0 Å². The van der Waals surface area contributed by atoms with Gasteiger partial charge in [0.1, 0.15) is 5.60 Å². The second-order valence-electron chi connectivity index (χ2n) is 9.23. The summed E-state index contributed by atoms with van der Waals surface area (Å²) in [5.41, 5.74) is 5.53. The molecule has 1 aliphatic carbocycles. The second kappa shape index (κ2) is 9.00. The Labute approximate surface area is 184 Å². The van der Waals surface area contributed by atoms with E-state index < -0.39 is 23.2 Å². The van der Waals surface area contributed by atoms with Crippen molar-refractivity contribution in [3.63, 3.8) is 0 Å². The van der Waals surface area contributed by atoms with Gasteiger partial charge in [-0.3, -0.25) is 4.90 Å². The zero-order valence-electron chi connectivity index (χ0n) is 18.5. The number of nitrogens with zero attached hydrogens (tertiary/aromatic N) is 1. The third-order valence-electron chi connectivity index (χ3n) is 5.85. The largest absolute Gasteiger partial charge is 0.479 e. The van der Waals surface area contributed by atoms with Crippen LogP contribution < -0.4 is 5.73 Å². The molecule has 1 fully saturated rings. The van der Waals surface area contributed by atoms with Crippen LogP contribution in [0.25, 0.3) is 0 Å². The van der Waals surface area contributed by atoms with Gasteiger partial charge >= 0.3 is 12.1 Å². The van der Waals surface area contributed by atoms with Gasteiger partial charge < -0.3 is 15.6 Å². The van der Waals surface area contributed by atoms with E-state index in [2.05, 4.69) is 0 Å². The molecule has 6 heteroatoms. The van der Waals surface area contributed by atoms with Gasteiger partial charge in [0, 0.05) is 5.69 Å². The number of carboxylic acids is 1. The minimum atomic E-state index is -1.53. The highest BCUT2D eigenvalue weighted by Crippen LogP contribution is 2.46. The van der Waals surface area contributed by atoms with Crippen molar-refractivity contribution < 1.29 is 19.4 Å². The standard InChI is InChI=1S/C25H32N2O4/c1-24(2,3)31-23(30)27(17-18-13-15-21(26)16-14-18)25(22(28)29,20-11-7-8-12-20)19-9-5-4-6-10-19/h4-6,9-10,13-16,20H,7-8,11-12,17,26H2,1-3H3,(H,28,29). The van der Waals surface area contributed by atoms with E-state index in [-0.39, 0.29) is 12.5 Å². The molecule has 1 aliphatic rings. The SMILES string of the molecule is CC(C)(C)OC(=O)N(Cc1ccc(N)cc1)C(C(=O)O)(c1ccccc1)C1CCCC1. The van der Waals surface area contributed by atoms with Crippen LogP contribution in [0.15, 0.2) is 54.6 Å². The summed E-state index contributed by atoms with van der Waals surface area (Å²) in [7, 11) is 0. The molecule has 31 heavy (non-hydrogen) atoms. The molecule has 1 unspecified atom stereocenters. The first kappa shape index (κ1) is 22.7. The molecule has 1 atom stereocenters. The van der Waals surface area contributed by atoms with Gasteiger partial charge in [-0.2, -0.15) is 0 Å². The minimum absolute atomic E-state index is 0.104. The summed E-state index contributed by atoms with van der Waals surface area (Å²) in [5.74, 6) is -1.25. The Morgan fingerprint density at radius 2 is 1.61 bits per heavy atom. The number of aliphatic carboxylic acids is 1. The first-order valence-corrected chi connectivity index (χ1v) is 10.8. The van der Waals surface area contributed by atoms with Gasteiger partial charge in [-0.25, -0.2) is 9.59 Å². The molecule has 1 amide bonds. The van der Waals surface area contributed by atoms with Gasteiger partial charge in [-0.05, 0) is 62.8 Å².